The molecule has 0 spiro atoms. The molecule has 0 saturated carbocycles. The van der Waals surface area contributed by atoms with Gasteiger partial charge in [0.1, 0.15) is 12.0 Å². The molecule has 1 saturated heterocycles. The van der Waals surface area contributed by atoms with Crippen molar-refractivity contribution in [1.29, 1.82) is 0 Å². The number of likely N-dealkylation sites (tertiary alicyclic amines) is 1. The average molecular weight is 170 g/mol. The van der Waals surface area contributed by atoms with Crippen LogP contribution in [-0.2, 0) is 0 Å². The molecule has 1 rings (SSSR count). The largest absolute Gasteiger partial charge is 0.354 e. The molecule has 3 heteroatoms. The SMILES string of the molecule is C=NC(=C(C)C)N1CCC(F)C1. The maximum Gasteiger partial charge on any atom is 0.126 e. The van der Waals surface area contributed by atoms with E-state index in [1.165, 1.54) is 0 Å². The molecule has 1 aliphatic rings. The standard InChI is InChI=1S/C9H15FN2/c1-7(2)9(11-3)12-5-4-8(10)6-12/h8H,3-6H2,1-2H3. The minimum Gasteiger partial charge on any atom is -0.354 e. The molecule has 2 nitrogen and oxygen atoms in total. The minimum atomic E-state index is -0.693. The Labute approximate surface area is 72.8 Å². The molecule has 0 aromatic carbocycles. The zero-order valence-corrected chi connectivity index (χ0v) is 7.68. The lowest BCUT2D eigenvalue weighted by Gasteiger charge is -2.18. The molecule has 0 aromatic heterocycles. The van der Waals surface area contributed by atoms with Crippen molar-refractivity contribution in [2.75, 3.05) is 13.1 Å². The first-order chi connectivity index (χ1) is 5.65. The molecule has 0 amide bonds. The van der Waals surface area contributed by atoms with Gasteiger partial charge in [-0.3, -0.25) is 0 Å². The summed E-state index contributed by atoms with van der Waals surface area (Å²) < 4.78 is 12.8. The van der Waals surface area contributed by atoms with E-state index in [4.69, 9.17) is 0 Å². The molecular weight excluding hydrogens is 155 g/mol. The quantitative estimate of drug-likeness (QED) is 0.578. The first kappa shape index (κ1) is 9.23. The van der Waals surface area contributed by atoms with Crippen LogP contribution in [-0.4, -0.2) is 30.9 Å². The Morgan fingerprint density at radius 1 is 1.58 bits per heavy atom. The van der Waals surface area contributed by atoms with Crippen molar-refractivity contribution in [3.05, 3.63) is 11.4 Å². The maximum absolute atomic E-state index is 12.8. The minimum absolute atomic E-state index is 0.472. The van der Waals surface area contributed by atoms with Crippen molar-refractivity contribution in [3.8, 4) is 0 Å². The molecule has 0 radical (unpaired) electrons. The Balaban J connectivity index is 2.69. The van der Waals surface area contributed by atoms with Gasteiger partial charge >= 0.3 is 0 Å². The Morgan fingerprint density at radius 3 is 2.58 bits per heavy atom. The van der Waals surface area contributed by atoms with E-state index in [2.05, 4.69) is 11.7 Å². The number of aliphatic imine (C=N–C) groups is 1. The Hall–Kier alpha value is -0.860. The molecule has 0 aromatic rings. The van der Waals surface area contributed by atoms with Crippen molar-refractivity contribution in [1.82, 2.24) is 4.90 Å². The highest BCUT2D eigenvalue weighted by Gasteiger charge is 2.23. The highest BCUT2D eigenvalue weighted by atomic mass is 19.1. The molecule has 68 valence electrons. The summed E-state index contributed by atoms with van der Waals surface area (Å²) in [5.74, 6) is 0.843. The van der Waals surface area contributed by atoms with Gasteiger partial charge in [0, 0.05) is 6.54 Å². The van der Waals surface area contributed by atoms with Gasteiger partial charge in [0.15, 0.2) is 0 Å². The summed E-state index contributed by atoms with van der Waals surface area (Å²) in [5.41, 5.74) is 1.10. The highest BCUT2D eigenvalue weighted by molar-refractivity contribution is 5.30. The van der Waals surface area contributed by atoms with Crippen LogP contribution in [0.2, 0.25) is 0 Å². The number of halogens is 1. The smallest absolute Gasteiger partial charge is 0.126 e. The van der Waals surface area contributed by atoms with Gasteiger partial charge in [0.2, 0.25) is 0 Å². The van der Waals surface area contributed by atoms with Gasteiger partial charge in [-0.2, -0.15) is 0 Å². The summed E-state index contributed by atoms with van der Waals surface area (Å²) in [4.78, 5) is 5.84. The first-order valence-electron chi connectivity index (χ1n) is 4.18. The molecule has 0 aliphatic carbocycles. The Morgan fingerprint density at radius 2 is 2.25 bits per heavy atom. The molecule has 1 heterocycles. The van der Waals surface area contributed by atoms with Crippen molar-refractivity contribution >= 4 is 6.72 Å². The van der Waals surface area contributed by atoms with Gasteiger partial charge in [-0.15, -0.1) is 0 Å². The normalized spacial score (nSPS) is 22.6. The predicted octanol–water partition coefficient (Wildman–Crippen LogP) is 1.98. The van der Waals surface area contributed by atoms with Crippen LogP contribution < -0.4 is 0 Å². The van der Waals surface area contributed by atoms with Crippen molar-refractivity contribution in [2.45, 2.75) is 26.4 Å². The van der Waals surface area contributed by atoms with Crippen LogP contribution in [0, 0.1) is 0 Å². The van der Waals surface area contributed by atoms with Crippen LogP contribution in [0.4, 0.5) is 4.39 Å². The first-order valence-corrected chi connectivity index (χ1v) is 4.18. The fourth-order valence-electron chi connectivity index (χ4n) is 1.48. The average Bonchev–Trinajstić information content (AvgIpc) is 2.37. The zero-order valence-electron chi connectivity index (χ0n) is 7.68. The second kappa shape index (κ2) is 3.70. The topological polar surface area (TPSA) is 15.6 Å². The summed E-state index contributed by atoms with van der Waals surface area (Å²) >= 11 is 0. The molecule has 0 N–H and O–H groups in total. The molecule has 1 atom stereocenters. The van der Waals surface area contributed by atoms with Gasteiger partial charge in [-0.25, -0.2) is 9.38 Å². The predicted molar refractivity (Wildman–Crippen MR) is 49.0 cm³/mol. The second-order valence-corrected chi connectivity index (χ2v) is 3.31. The van der Waals surface area contributed by atoms with Gasteiger partial charge in [0.25, 0.3) is 0 Å². The zero-order chi connectivity index (χ0) is 9.14. The van der Waals surface area contributed by atoms with E-state index in [9.17, 15) is 4.39 Å². The van der Waals surface area contributed by atoms with Crippen molar-refractivity contribution in [3.63, 3.8) is 0 Å². The van der Waals surface area contributed by atoms with Crippen LogP contribution in [0.1, 0.15) is 20.3 Å². The van der Waals surface area contributed by atoms with Crippen LogP contribution in [0.15, 0.2) is 16.4 Å². The fraction of sp³-hybridized carbons (Fsp3) is 0.667. The third kappa shape index (κ3) is 1.84. The lowest BCUT2D eigenvalue weighted by molar-refractivity contribution is 0.322. The number of nitrogens with zero attached hydrogens (tertiary/aromatic N) is 2. The summed E-state index contributed by atoms with van der Waals surface area (Å²) in [6.07, 6.45) is -0.0761. The second-order valence-electron chi connectivity index (χ2n) is 3.31. The van der Waals surface area contributed by atoms with E-state index >= 15 is 0 Å². The van der Waals surface area contributed by atoms with Crippen LogP contribution in [0.3, 0.4) is 0 Å². The van der Waals surface area contributed by atoms with E-state index in [1.807, 2.05) is 18.7 Å². The lowest BCUT2D eigenvalue weighted by Crippen LogP contribution is -2.20. The van der Waals surface area contributed by atoms with Gasteiger partial charge < -0.3 is 4.90 Å². The number of allylic oxidation sites excluding steroid dienone is 1. The fourth-order valence-corrected chi connectivity index (χ4v) is 1.48. The van der Waals surface area contributed by atoms with E-state index in [0.29, 0.717) is 13.0 Å². The van der Waals surface area contributed by atoms with Crippen LogP contribution in [0.5, 0.6) is 0 Å². The number of alkyl halides is 1. The Bertz CT molecular complexity index is 207. The summed E-state index contributed by atoms with van der Waals surface area (Å²) in [7, 11) is 0. The van der Waals surface area contributed by atoms with E-state index < -0.39 is 6.17 Å². The molecule has 1 aliphatic heterocycles. The number of hydrogen-bond acceptors (Lipinski definition) is 2. The maximum atomic E-state index is 12.8. The molecular formula is C9H15FN2. The number of hydrogen-bond donors (Lipinski definition) is 0. The van der Waals surface area contributed by atoms with Crippen LogP contribution >= 0.6 is 0 Å². The van der Waals surface area contributed by atoms with E-state index in [-0.39, 0.29) is 0 Å². The van der Waals surface area contributed by atoms with Crippen molar-refractivity contribution in [2.24, 2.45) is 4.99 Å². The van der Waals surface area contributed by atoms with Crippen molar-refractivity contribution < 1.29 is 4.39 Å². The van der Waals surface area contributed by atoms with Crippen LogP contribution in [0.25, 0.3) is 0 Å². The summed E-state index contributed by atoms with van der Waals surface area (Å²) in [6, 6.07) is 0. The number of rotatable bonds is 2. The third-order valence-electron chi connectivity index (χ3n) is 2.03. The highest BCUT2D eigenvalue weighted by Crippen LogP contribution is 2.20. The van der Waals surface area contributed by atoms with E-state index in [1.54, 1.807) is 0 Å². The van der Waals surface area contributed by atoms with E-state index in [0.717, 1.165) is 17.9 Å². The third-order valence-corrected chi connectivity index (χ3v) is 2.03. The van der Waals surface area contributed by atoms with Gasteiger partial charge in [-0.1, -0.05) is 0 Å². The summed E-state index contributed by atoms with van der Waals surface area (Å²) in [6.45, 7) is 8.65. The Kier molecular flexibility index (Phi) is 2.84. The summed E-state index contributed by atoms with van der Waals surface area (Å²) in [5, 5.41) is 0. The van der Waals surface area contributed by atoms with Gasteiger partial charge in [0.05, 0.1) is 6.54 Å². The monoisotopic (exact) mass is 170 g/mol. The lowest BCUT2D eigenvalue weighted by atomic mass is 10.3. The molecule has 0 bridgehead atoms. The molecule has 1 fully saturated rings. The van der Waals surface area contributed by atoms with Gasteiger partial charge in [-0.05, 0) is 32.6 Å². The molecule has 12 heavy (non-hydrogen) atoms. The molecule has 1 unspecified atom stereocenters.